The highest BCUT2D eigenvalue weighted by Gasteiger charge is 2.18. The predicted molar refractivity (Wildman–Crippen MR) is 190 cm³/mol. The van der Waals surface area contributed by atoms with Crippen molar-refractivity contribution in [2.75, 3.05) is 62.8 Å². The molecule has 250 valence electrons. The molecule has 1 rings (SSSR count). The molecule has 0 aliphatic heterocycles. The van der Waals surface area contributed by atoms with Gasteiger partial charge in [-0.25, -0.2) is 4.79 Å². The van der Waals surface area contributed by atoms with Crippen LogP contribution < -0.4 is 16.0 Å². The van der Waals surface area contributed by atoms with Gasteiger partial charge in [0.25, 0.3) is 0 Å². The minimum absolute atomic E-state index is 0.158. The van der Waals surface area contributed by atoms with E-state index >= 15 is 0 Å². The zero-order valence-corrected chi connectivity index (χ0v) is 28.9. The molecule has 43 heavy (non-hydrogen) atoms. The first-order valence-corrected chi connectivity index (χ1v) is 18.3. The molecule has 0 saturated heterocycles. The predicted octanol–water partition coefficient (Wildman–Crippen LogP) is 10.3. The van der Waals surface area contributed by atoms with Crippen molar-refractivity contribution in [3.05, 3.63) is 18.2 Å². The van der Waals surface area contributed by atoms with Crippen molar-refractivity contribution in [3.63, 3.8) is 0 Å². The van der Waals surface area contributed by atoms with Crippen LogP contribution in [0.4, 0.5) is 17.1 Å². The molecule has 0 aliphatic rings. The average molecular weight is 604 g/mol. The van der Waals surface area contributed by atoms with Crippen LogP contribution in [0.1, 0.15) is 149 Å². The number of nitrogens with zero attached hydrogens (tertiary/aromatic N) is 1. The number of quaternary nitrogens is 1. The van der Waals surface area contributed by atoms with Crippen molar-refractivity contribution in [1.82, 2.24) is 0 Å². The number of carboxylic acid groups (broad SMARTS) is 1. The van der Waals surface area contributed by atoms with Crippen molar-refractivity contribution in [3.8, 4) is 0 Å². The van der Waals surface area contributed by atoms with Gasteiger partial charge in [0.05, 0.1) is 20.6 Å². The maximum atomic E-state index is 11.1. The van der Waals surface area contributed by atoms with Gasteiger partial charge in [0.1, 0.15) is 0 Å². The van der Waals surface area contributed by atoms with Gasteiger partial charge in [0, 0.05) is 43.1 Å². The van der Waals surface area contributed by atoms with Gasteiger partial charge >= 0.3 is 5.97 Å². The zero-order chi connectivity index (χ0) is 31.4. The summed E-state index contributed by atoms with van der Waals surface area (Å²) < 4.78 is 0.503. The second-order valence-corrected chi connectivity index (χ2v) is 13.5. The first kappa shape index (κ1) is 39.1. The number of anilines is 3. The molecular formula is C37H71N4O2+. The van der Waals surface area contributed by atoms with Crippen LogP contribution in [0, 0.1) is 0 Å². The van der Waals surface area contributed by atoms with Gasteiger partial charge in [0.15, 0.2) is 6.54 Å². The molecule has 6 heteroatoms. The van der Waals surface area contributed by atoms with E-state index in [2.05, 4.69) is 48.0 Å². The molecule has 0 unspecified atom stereocenters. The third kappa shape index (κ3) is 24.1. The summed E-state index contributed by atoms with van der Waals surface area (Å²) in [6.45, 7) is 8.42. The van der Waals surface area contributed by atoms with E-state index in [0.717, 1.165) is 38.3 Å². The normalized spacial score (nSPS) is 11.5. The summed E-state index contributed by atoms with van der Waals surface area (Å²) in [4.78, 5) is 11.1. The van der Waals surface area contributed by atoms with Crippen LogP contribution in [0.5, 0.6) is 0 Å². The summed E-state index contributed by atoms with van der Waals surface area (Å²) in [5.74, 6) is -0.739. The highest BCUT2D eigenvalue weighted by atomic mass is 16.4. The van der Waals surface area contributed by atoms with Crippen molar-refractivity contribution < 1.29 is 14.4 Å². The standard InChI is InChI=1S/C37H70N4O2/c1-5-7-9-11-13-15-17-19-21-23-26-38-34-30-35(39-27-24-22-20-18-16-14-12-10-8-6-2)32-36(31-34)40-28-25-29-41(3,4)33-37(42)43/h30-32,38-40H,5-29,33H2,1-4H3/p+1. The SMILES string of the molecule is CCCCCCCCCCCCNc1cc(NCCCCCCCCCCCC)cc(NCCC[N+](C)(C)CC(=O)O)c1. The van der Waals surface area contributed by atoms with Gasteiger partial charge in [0.2, 0.25) is 0 Å². The first-order chi connectivity index (χ1) is 20.9. The lowest BCUT2D eigenvalue weighted by atomic mass is 10.1. The first-order valence-electron chi connectivity index (χ1n) is 18.3. The monoisotopic (exact) mass is 604 g/mol. The molecule has 0 fully saturated rings. The Kier molecular flexibility index (Phi) is 24.0. The van der Waals surface area contributed by atoms with E-state index in [1.54, 1.807) is 0 Å². The number of aliphatic carboxylic acids is 1. The molecular weight excluding hydrogens is 532 g/mol. The van der Waals surface area contributed by atoms with Crippen molar-refractivity contribution in [2.45, 2.75) is 149 Å². The highest BCUT2D eigenvalue weighted by Crippen LogP contribution is 2.24. The maximum Gasteiger partial charge on any atom is 0.359 e. The van der Waals surface area contributed by atoms with E-state index in [1.807, 2.05) is 14.1 Å². The average Bonchev–Trinajstić information content (AvgIpc) is 2.96. The molecule has 0 bridgehead atoms. The summed E-state index contributed by atoms with van der Waals surface area (Å²) in [5, 5.41) is 20.1. The third-order valence-corrected chi connectivity index (χ3v) is 8.48. The molecule has 1 aromatic rings. The Bertz CT molecular complexity index is 755. The summed E-state index contributed by atoms with van der Waals surface area (Å²) in [6.07, 6.45) is 28.1. The molecule has 1 aromatic carbocycles. The summed E-state index contributed by atoms with van der Waals surface area (Å²) in [6, 6.07) is 6.70. The zero-order valence-electron chi connectivity index (χ0n) is 28.9. The van der Waals surface area contributed by atoms with E-state index < -0.39 is 5.97 Å². The second kappa shape index (κ2) is 26.5. The van der Waals surface area contributed by atoms with E-state index in [4.69, 9.17) is 5.11 Å². The molecule has 0 aliphatic carbocycles. The maximum absolute atomic E-state index is 11.1. The molecule has 0 aromatic heterocycles. The lowest BCUT2D eigenvalue weighted by Gasteiger charge is -2.27. The molecule has 0 spiro atoms. The molecule has 6 nitrogen and oxygen atoms in total. The summed E-state index contributed by atoms with van der Waals surface area (Å²) >= 11 is 0. The Morgan fingerprint density at radius 3 is 1.16 bits per heavy atom. The molecule has 0 amide bonds. The Hall–Kier alpha value is -1.95. The van der Waals surface area contributed by atoms with Gasteiger partial charge in [-0.2, -0.15) is 0 Å². The molecule has 0 heterocycles. The van der Waals surface area contributed by atoms with Crippen LogP contribution >= 0.6 is 0 Å². The van der Waals surface area contributed by atoms with Crippen LogP contribution in [-0.4, -0.2) is 62.4 Å². The Morgan fingerprint density at radius 2 is 0.837 bits per heavy atom. The van der Waals surface area contributed by atoms with E-state index in [9.17, 15) is 4.79 Å². The number of hydrogen-bond acceptors (Lipinski definition) is 4. The van der Waals surface area contributed by atoms with Crippen molar-refractivity contribution in [1.29, 1.82) is 0 Å². The quantitative estimate of drug-likeness (QED) is 0.0502. The third-order valence-electron chi connectivity index (χ3n) is 8.48. The van der Waals surface area contributed by atoms with Crippen molar-refractivity contribution >= 4 is 23.0 Å². The van der Waals surface area contributed by atoms with Crippen LogP contribution in [0.2, 0.25) is 0 Å². The van der Waals surface area contributed by atoms with Gasteiger partial charge in [-0.05, 0) is 31.0 Å². The number of nitrogens with one attached hydrogen (secondary N) is 3. The number of unbranched alkanes of at least 4 members (excludes halogenated alkanes) is 18. The molecule has 0 atom stereocenters. The lowest BCUT2D eigenvalue weighted by Crippen LogP contribution is -2.44. The van der Waals surface area contributed by atoms with Crippen LogP contribution in [0.25, 0.3) is 0 Å². The number of rotatable bonds is 31. The second-order valence-electron chi connectivity index (χ2n) is 13.5. The van der Waals surface area contributed by atoms with Gasteiger partial charge < -0.3 is 25.5 Å². The lowest BCUT2D eigenvalue weighted by molar-refractivity contribution is -0.883. The Balaban J connectivity index is 2.44. The topological polar surface area (TPSA) is 73.4 Å². The number of hydrogen-bond donors (Lipinski definition) is 4. The number of carbonyl (C=O) groups is 1. The molecule has 0 radical (unpaired) electrons. The van der Waals surface area contributed by atoms with E-state index in [-0.39, 0.29) is 6.54 Å². The van der Waals surface area contributed by atoms with Crippen LogP contribution in [0.3, 0.4) is 0 Å². The van der Waals surface area contributed by atoms with Gasteiger partial charge in [-0.1, -0.05) is 129 Å². The number of carboxylic acids is 1. The number of likely N-dealkylation sites (N-methyl/N-ethyl adjacent to an activating group) is 1. The minimum atomic E-state index is -0.739. The van der Waals surface area contributed by atoms with Gasteiger partial charge in [-0.3, -0.25) is 0 Å². The van der Waals surface area contributed by atoms with Crippen molar-refractivity contribution in [2.24, 2.45) is 0 Å². The fraction of sp³-hybridized carbons (Fsp3) is 0.811. The summed E-state index contributed by atoms with van der Waals surface area (Å²) in [7, 11) is 3.98. The Labute approximate surface area is 266 Å². The van der Waals surface area contributed by atoms with Crippen LogP contribution in [0.15, 0.2) is 18.2 Å². The van der Waals surface area contributed by atoms with E-state index in [1.165, 1.54) is 140 Å². The minimum Gasteiger partial charge on any atom is -0.477 e. The highest BCUT2D eigenvalue weighted by molar-refractivity contribution is 5.68. The van der Waals surface area contributed by atoms with E-state index in [0.29, 0.717) is 4.48 Å². The largest absolute Gasteiger partial charge is 0.477 e. The van der Waals surface area contributed by atoms with Crippen LogP contribution in [-0.2, 0) is 4.79 Å². The number of benzene rings is 1. The fourth-order valence-electron chi connectivity index (χ4n) is 5.81. The van der Waals surface area contributed by atoms with Gasteiger partial charge in [-0.15, -0.1) is 0 Å². The fourth-order valence-corrected chi connectivity index (χ4v) is 5.81. The Morgan fingerprint density at radius 1 is 0.535 bits per heavy atom. The summed E-state index contributed by atoms with van der Waals surface area (Å²) in [5.41, 5.74) is 3.48. The smallest absolute Gasteiger partial charge is 0.359 e. The molecule has 4 N–H and O–H groups in total. The molecule has 0 saturated carbocycles.